The molecule has 1 aliphatic heterocycles. The molecule has 1 aliphatic rings. The molecule has 1 saturated heterocycles. The minimum atomic E-state index is 0.669. The van der Waals surface area contributed by atoms with Crippen LogP contribution < -0.4 is 4.90 Å². The highest BCUT2D eigenvalue weighted by atomic mass is 15.3. The molecule has 0 radical (unpaired) electrons. The second-order valence-corrected chi connectivity index (χ2v) is 5.14. The summed E-state index contributed by atoms with van der Waals surface area (Å²) < 4.78 is 2.21. The molecule has 100 valence electrons. The van der Waals surface area contributed by atoms with E-state index < -0.39 is 0 Å². The van der Waals surface area contributed by atoms with Gasteiger partial charge in [-0.1, -0.05) is 6.92 Å². The van der Waals surface area contributed by atoms with Crippen LogP contribution in [0.15, 0.2) is 24.8 Å². The molecular weight excluding hydrogens is 238 g/mol. The lowest BCUT2D eigenvalue weighted by Crippen LogP contribution is -2.49. The van der Waals surface area contributed by atoms with E-state index in [2.05, 4.69) is 31.3 Å². The second kappa shape index (κ2) is 4.99. The molecule has 19 heavy (non-hydrogen) atoms. The fourth-order valence-electron chi connectivity index (χ4n) is 2.42. The van der Waals surface area contributed by atoms with Crippen LogP contribution in [-0.4, -0.2) is 32.6 Å². The van der Waals surface area contributed by atoms with E-state index in [9.17, 15) is 0 Å². The molecule has 0 amide bonds. The predicted molar refractivity (Wildman–Crippen MR) is 74.1 cm³/mol. The summed E-state index contributed by atoms with van der Waals surface area (Å²) in [5, 5.41) is 0. The second-order valence-electron chi connectivity index (χ2n) is 5.14. The minimum Gasteiger partial charge on any atom is -0.340 e. The fraction of sp³-hybridized carbons (Fsp3) is 0.500. The largest absolute Gasteiger partial charge is 0.340 e. The highest BCUT2D eigenvalue weighted by Gasteiger charge is 2.28. The molecule has 0 spiro atoms. The maximum Gasteiger partial charge on any atom is 0.225 e. The zero-order chi connectivity index (χ0) is 13.2. The Morgan fingerprint density at radius 1 is 1.21 bits per heavy atom. The third-order valence-corrected chi connectivity index (χ3v) is 3.72. The van der Waals surface area contributed by atoms with Crippen molar-refractivity contribution >= 4 is 5.95 Å². The van der Waals surface area contributed by atoms with E-state index in [-0.39, 0.29) is 0 Å². The lowest BCUT2D eigenvalue weighted by atomic mass is 10.0. The molecule has 0 atom stereocenters. The molecule has 2 aromatic heterocycles. The monoisotopic (exact) mass is 257 g/mol. The average molecular weight is 257 g/mol. The van der Waals surface area contributed by atoms with E-state index in [1.807, 2.05) is 31.7 Å². The van der Waals surface area contributed by atoms with Crippen LogP contribution in [0.5, 0.6) is 0 Å². The summed E-state index contributed by atoms with van der Waals surface area (Å²) in [7, 11) is 0. The van der Waals surface area contributed by atoms with E-state index in [0.29, 0.717) is 5.92 Å². The van der Waals surface area contributed by atoms with Gasteiger partial charge in [0.15, 0.2) is 0 Å². The van der Waals surface area contributed by atoms with Crippen LogP contribution in [-0.2, 0) is 13.0 Å². The number of aryl methyl sites for hydroxylation is 2. The summed E-state index contributed by atoms with van der Waals surface area (Å²) in [5.74, 6) is 2.61. The molecule has 0 unspecified atom stereocenters. The van der Waals surface area contributed by atoms with Crippen LogP contribution in [0.25, 0.3) is 0 Å². The van der Waals surface area contributed by atoms with Gasteiger partial charge in [0.05, 0.1) is 0 Å². The molecule has 5 heteroatoms. The van der Waals surface area contributed by atoms with Crippen LogP contribution in [0.3, 0.4) is 0 Å². The van der Waals surface area contributed by atoms with E-state index in [1.54, 1.807) is 0 Å². The Labute approximate surface area is 113 Å². The standard InChI is InChI=1S/C14H19N5/c1-3-12-6-16-14(17-7-12)19-9-13(10-19)8-18-5-4-15-11(18)2/h4-7,13H,3,8-10H2,1-2H3. The predicted octanol–water partition coefficient (Wildman–Crippen LogP) is 1.68. The summed E-state index contributed by atoms with van der Waals surface area (Å²) in [6, 6.07) is 0. The van der Waals surface area contributed by atoms with Crippen molar-refractivity contribution in [2.75, 3.05) is 18.0 Å². The SMILES string of the molecule is CCc1cnc(N2CC(Cn3ccnc3C)C2)nc1. The summed E-state index contributed by atoms with van der Waals surface area (Å²) in [4.78, 5) is 15.3. The summed E-state index contributed by atoms with van der Waals surface area (Å²) >= 11 is 0. The van der Waals surface area contributed by atoms with Gasteiger partial charge in [0.2, 0.25) is 5.95 Å². The Kier molecular flexibility index (Phi) is 3.19. The van der Waals surface area contributed by atoms with Crippen LogP contribution in [0.2, 0.25) is 0 Å². The van der Waals surface area contributed by atoms with Gasteiger partial charge in [-0.05, 0) is 18.9 Å². The molecule has 1 fully saturated rings. The third kappa shape index (κ3) is 2.45. The number of hydrogen-bond acceptors (Lipinski definition) is 4. The Morgan fingerprint density at radius 2 is 1.95 bits per heavy atom. The molecule has 3 rings (SSSR count). The molecule has 3 heterocycles. The average Bonchev–Trinajstić information content (AvgIpc) is 2.79. The van der Waals surface area contributed by atoms with Gasteiger partial charge in [-0.15, -0.1) is 0 Å². The minimum absolute atomic E-state index is 0.669. The van der Waals surface area contributed by atoms with Gasteiger partial charge in [-0.2, -0.15) is 0 Å². The molecule has 0 aliphatic carbocycles. The van der Waals surface area contributed by atoms with Gasteiger partial charge in [-0.25, -0.2) is 15.0 Å². The van der Waals surface area contributed by atoms with Crippen molar-refractivity contribution in [1.29, 1.82) is 0 Å². The first-order chi connectivity index (χ1) is 9.26. The van der Waals surface area contributed by atoms with E-state index >= 15 is 0 Å². The Hall–Kier alpha value is -1.91. The molecule has 0 saturated carbocycles. The van der Waals surface area contributed by atoms with E-state index in [1.165, 1.54) is 5.56 Å². The first kappa shape index (κ1) is 12.1. The van der Waals surface area contributed by atoms with Crippen molar-refractivity contribution < 1.29 is 0 Å². The van der Waals surface area contributed by atoms with Gasteiger partial charge in [0.25, 0.3) is 0 Å². The number of anilines is 1. The zero-order valence-corrected chi connectivity index (χ0v) is 11.5. The zero-order valence-electron chi connectivity index (χ0n) is 11.5. The Balaban J connectivity index is 1.56. The summed E-state index contributed by atoms with van der Waals surface area (Å²) in [6.45, 7) is 7.26. The first-order valence-corrected chi connectivity index (χ1v) is 6.80. The number of rotatable bonds is 4. The van der Waals surface area contributed by atoms with Crippen LogP contribution in [0, 0.1) is 12.8 Å². The lowest BCUT2D eigenvalue weighted by molar-refractivity contribution is 0.350. The number of imidazole rings is 1. The molecule has 2 aromatic rings. The Morgan fingerprint density at radius 3 is 2.53 bits per heavy atom. The van der Waals surface area contributed by atoms with Gasteiger partial charge in [0.1, 0.15) is 5.82 Å². The van der Waals surface area contributed by atoms with Crippen molar-refractivity contribution in [3.63, 3.8) is 0 Å². The maximum absolute atomic E-state index is 4.42. The molecule has 5 nitrogen and oxygen atoms in total. The molecular formula is C14H19N5. The van der Waals surface area contributed by atoms with Crippen molar-refractivity contribution in [2.24, 2.45) is 5.92 Å². The van der Waals surface area contributed by atoms with Gasteiger partial charge in [-0.3, -0.25) is 0 Å². The molecule has 0 bridgehead atoms. The van der Waals surface area contributed by atoms with E-state index in [0.717, 1.165) is 37.8 Å². The van der Waals surface area contributed by atoms with Crippen LogP contribution >= 0.6 is 0 Å². The van der Waals surface area contributed by atoms with E-state index in [4.69, 9.17) is 0 Å². The van der Waals surface area contributed by atoms with Crippen LogP contribution in [0.4, 0.5) is 5.95 Å². The maximum atomic E-state index is 4.42. The van der Waals surface area contributed by atoms with Crippen molar-refractivity contribution in [2.45, 2.75) is 26.8 Å². The van der Waals surface area contributed by atoms with Crippen LogP contribution in [0.1, 0.15) is 18.3 Å². The quantitative estimate of drug-likeness (QED) is 0.836. The lowest BCUT2D eigenvalue weighted by Gasteiger charge is -2.39. The van der Waals surface area contributed by atoms with Gasteiger partial charge in [0, 0.05) is 50.3 Å². The molecule has 0 N–H and O–H groups in total. The van der Waals surface area contributed by atoms with Gasteiger partial charge < -0.3 is 9.47 Å². The number of nitrogens with zero attached hydrogens (tertiary/aromatic N) is 5. The number of hydrogen-bond donors (Lipinski definition) is 0. The Bertz CT molecular complexity index is 539. The topological polar surface area (TPSA) is 46.8 Å². The third-order valence-electron chi connectivity index (χ3n) is 3.72. The molecule has 0 aromatic carbocycles. The number of aromatic nitrogens is 4. The highest BCUT2D eigenvalue weighted by molar-refractivity contribution is 5.34. The fourth-order valence-corrected chi connectivity index (χ4v) is 2.42. The normalized spacial score (nSPS) is 15.6. The van der Waals surface area contributed by atoms with Crippen molar-refractivity contribution in [1.82, 2.24) is 19.5 Å². The van der Waals surface area contributed by atoms with Gasteiger partial charge >= 0.3 is 0 Å². The van der Waals surface area contributed by atoms with Crippen molar-refractivity contribution in [3.05, 3.63) is 36.2 Å². The highest BCUT2D eigenvalue weighted by Crippen LogP contribution is 2.22. The first-order valence-electron chi connectivity index (χ1n) is 6.80. The summed E-state index contributed by atoms with van der Waals surface area (Å²) in [5.41, 5.74) is 1.19. The smallest absolute Gasteiger partial charge is 0.225 e. The summed E-state index contributed by atoms with van der Waals surface area (Å²) in [6.07, 6.45) is 8.75. The van der Waals surface area contributed by atoms with Crippen molar-refractivity contribution in [3.8, 4) is 0 Å².